The van der Waals surface area contributed by atoms with Crippen LogP contribution < -0.4 is 5.73 Å². The zero-order valence-corrected chi connectivity index (χ0v) is 9.70. The molecule has 2 aromatic heterocycles. The molecular formula is C9H14N6O2. The first-order valence-electron chi connectivity index (χ1n) is 5.17. The largest absolute Gasteiger partial charge is 0.374 e. The zero-order valence-electron chi connectivity index (χ0n) is 9.70. The highest BCUT2D eigenvalue weighted by atomic mass is 16.5. The molecule has 0 radical (unpaired) electrons. The van der Waals surface area contributed by atoms with Crippen LogP contribution in [0.1, 0.15) is 30.4 Å². The van der Waals surface area contributed by atoms with Crippen molar-refractivity contribution in [2.24, 2.45) is 5.73 Å². The monoisotopic (exact) mass is 238 g/mol. The first-order valence-corrected chi connectivity index (χ1v) is 5.17. The Hall–Kier alpha value is -1.80. The highest BCUT2D eigenvalue weighted by Gasteiger charge is 2.13. The van der Waals surface area contributed by atoms with E-state index in [0.29, 0.717) is 24.8 Å². The molecule has 92 valence electrons. The van der Waals surface area contributed by atoms with Crippen LogP contribution in [-0.4, -0.2) is 32.2 Å². The molecule has 8 heteroatoms. The van der Waals surface area contributed by atoms with E-state index in [4.69, 9.17) is 15.0 Å². The molecule has 2 N–H and O–H groups in total. The van der Waals surface area contributed by atoms with E-state index in [1.807, 2.05) is 6.92 Å². The summed E-state index contributed by atoms with van der Waals surface area (Å²) in [5.41, 5.74) is 6.15. The van der Waals surface area contributed by atoms with Crippen LogP contribution in [0.3, 0.4) is 0 Å². The van der Waals surface area contributed by atoms with Crippen molar-refractivity contribution >= 4 is 0 Å². The van der Waals surface area contributed by atoms with Gasteiger partial charge in [0.05, 0.1) is 11.9 Å². The molecule has 0 aliphatic heterocycles. The Kier molecular flexibility index (Phi) is 3.45. The topological polar surface area (TPSA) is 105 Å². The molecule has 1 atom stereocenters. The number of nitrogens with two attached hydrogens (primary N) is 1. The van der Waals surface area contributed by atoms with Crippen LogP contribution in [0, 0.1) is 0 Å². The molecular weight excluding hydrogens is 224 g/mol. The smallest absolute Gasteiger partial charge is 0.248 e. The second kappa shape index (κ2) is 5.02. The van der Waals surface area contributed by atoms with Crippen molar-refractivity contribution in [2.45, 2.75) is 26.1 Å². The average molecular weight is 238 g/mol. The van der Waals surface area contributed by atoms with E-state index >= 15 is 0 Å². The summed E-state index contributed by atoms with van der Waals surface area (Å²) in [6.07, 6.45) is 1.55. The fourth-order valence-corrected chi connectivity index (χ4v) is 1.25. The van der Waals surface area contributed by atoms with Gasteiger partial charge in [0, 0.05) is 13.7 Å². The molecule has 0 bridgehead atoms. The molecule has 0 aromatic carbocycles. The molecule has 8 nitrogen and oxygen atoms in total. The zero-order chi connectivity index (χ0) is 12.3. The van der Waals surface area contributed by atoms with Gasteiger partial charge in [0.2, 0.25) is 5.89 Å². The maximum atomic E-state index is 5.43. The van der Waals surface area contributed by atoms with Gasteiger partial charge in [-0.1, -0.05) is 10.4 Å². The van der Waals surface area contributed by atoms with Crippen molar-refractivity contribution in [1.29, 1.82) is 0 Å². The van der Waals surface area contributed by atoms with Crippen molar-refractivity contribution in [3.8, 4) is 0 Å². The number of hydrogen-bond donors (Lipinski definition) is 1. The molecule has 0 saturated heterocycles. The lowest BCUT2D eigenvalue weighted by atomic mass is 10.4. The van der Waals surface area contributed by atoms with Crippen LogP contribution >= 0.6 is 0 Å². The van der Waals surface area contributed by atoms with E-state index < -0.39 is 0 Å². The van der Waals surface area contributed by atoms with E-state index in [-0.39, 0.29) is 6.10 Å². The lowest BCUT2D eigenvalue weighted by Gasteiger charge is -2.00. The molecule has 1 unspecified atom stereocenters. The molecule has 2 rings (SSSR count). The summed E-state index contributed by atoms with van der Waals surface area (Å²) >= 11 is 0. The Morgan fingerprint density at radius 1 is 1.59 bits per heavy atom. The lowest BCUT2D eigenvalue weighted by molar-refractivity contribution is 0.109. The number of rotatable bonds is 5. The number of methoxy groups -OCH3 is 1. The number of nitrogens with zero attached hydrogens (tertiary/aromatic N) is 5. The van der Waals surface area contributed by atoms with Crippen molar-refractivity contribution < 1.29 is 9.26 Å². The van der Waals surface area contributed by atoms with Gasteiger partial charge in [-0.25, -0.2) is 4.68 Å². The summed E-state index contributed by atoms with van der Waals surface area (Å²) in [4.78, 5) is 4.19. The summed E-state index contributed by atoms with van der Waals surface area (Å²) < 4.78 is 11.8. The molecule has 0 spiro atoms. The van der Waals surface area contributed by atoms with Gasteiger partial charge < -0.3 is 15.0 Å². The summed E-state index contributed by atoms with van der Waals surface area (Å²) in [7, 11) is 1.59. The summed E-state index contributed by atoms with van der Waals surface area (Å²) in [6.45, 7) is 2.57. The van der Waals surface area contributed by atoms with Crippen LogP contribution in [0.5, 0.6) is 0 Å². The van der Waals surface area contributed by atoms with E-state index in [0.717, 1.165) is 5.69 Å². The molecule has 17 heavy (non-hydrogen) atoms. The summed E-state index contributed by atoms with van der Waals surface area (Å²) in [6, 6.07) is 0. The van der Waals surface area contributed by atoms with Gasteiger partial charge in [-0.3, -0.25) is 0 Å². The SMILES string of the molecule is COC(C)c1noc(Cn2cc(CN)nn2)n1. The van der Waals surface area contributed by atoms with Gasteiger partial charge in [0.15, 0.2) is 5.82 Å². The van der Waals surface area contributed by atoms with Crippen LogP contribution in [0.25, 0.3) is 0 Å². The van der Waals surface area contributed by atoms with Crippen LogP contribution in [-0.2, 0) is 17.8 Å². The summed E-state index contributed by atoms with van der Waals surface area (Å²) in [5, 5.41) is 11.6. The first kappa shape index (κ1) is 11.7. The predicted molar refractivity (Wildman–Crippen MR) is 56.7 cm³/mol. The molecule has 0 aliphatic rings. The van der Waals surface area contributed by atoms with Gasteiger partial charge >= 0.3 is 0 Å². The highest BCUT2D eigenvalue weighted by Crippen LogP contribution is 2.11. The number of aromatic nitrogens is 5. The summed E-state index contributed by atoms with van der Waals surface area (Å²) in [5.74, 6) is 0.971. The van der Waals surface area contributed by atoms with Gasteiger partial charge in [-0.05, 0) is 6.92 Å². The van der Waals surface area contributed by atoms with E-state index in [1.54, 1.807) is 18.0 Å². The third-order valence-electron chi connectivity index (χ3n) is 2.29. The predicted octanol–water partition coefficient (Wildman–Crippen LogP) is -0.125. The maximum absolute atomic E-state index is 5.43. The first-order chi connectivity index (χ1) is 8.22. The van der Waals surface area contributed by atoms with Crippen molar-refractivity contribution in [2.75, 3.05) is 7.11 Å². The van der Waals surface area contributed by atoms with Crippen LogP contribution in [0.15, 0.2) is 10.7 Å². The minimum Gasteiger partial charge on any atom is -0.374 e. The quantitative estimate of drug-likeness (QED) is 0.773. The van der Waals surface area contributed by atoms with Crippen LogP contribution in [0.4, 0.5) is 0 Å². The van der Waals surface area contributed by atoms with E-state index in [9.17, 15) is 0 Å². The van der Waals surface area contributed by atoms with Gasteiger partial charge in [-0.2, -0.15) is 4.98 Å². The molecule has 2 aromatic rings. The van der Waals surface area contributed by atoms with Gasteiger partial charge in [0.25, 0.3) is 0 Å². The van der Waals surface area contributed by atoms with Gasteiger partial charge in [0.1, 0.15) is 12.6 Å². The standard InChI is InChI=1S/C9H14N6O2/c1-6(16-2)9-11-8(17-13-9)5-15-4-7(3-10)12-14-15/h4,6H,3,5,10H2,1-2H3. The average Bonchev–Trinajstić information content (AvgIpc) is 2.97. The third-order valence-corrected chi connectivity index (χ3v) is 2.29. The minimum atomic E-state index is -0.192. The fraction of sp³-hybridized carbons (Fsp3) is 0.556. The third kappa shape index (κ3) is 2.66. The second-order valence-electron chi connectivity index (χ2n) is 3.54. The number of ether oxygens (including phenoxy) is 1. The minimum absolute atomic E-state index is 0.192. The van der Waals surface area contributed by atoms with Crippen molar-refractivity contribution in [1.82, 2.24) is 25.1 Å². The molecule has 2 heterocycles. The Morgan fingerprint density at radius 2 is 2.41 bits per heavy atom. The normalized spacial score (nSPS) is 12.9. The Morgan fingerprint density at radius 3 is 3.06 bits per heavy atom. The Balaban J connectivity index is 2.06. The number of hydrogen-bond acceptors (Lipinski definition) is 7. The fourth-order valence-electron chi connectivity index (χ4n) is 1.25. The lowest BCUT2D eigenvalue weighted by Crippen LogP contribution is -2.02. The Labute approximate surface area is 97.7 Å². The van der Waals surface area contributed by atoms with Crippen molar-refractivity contribution in [3.05, 3.63) is 23.6 Å². The van der Waals surface area contributed by atoms with E-state index in [2.05, 4.69) is 20.5 Å². The Bertz CT molecular complexity index is 479. The molecule has 0 aliphatic carbocycles. The molecule has 0 fully saturated rings. The van der Waals surface area contributed by atoms with Gasteiger partial charge in [-0.15, -0.1) is 5.10 Å². The van der Waals surface area contributed by atoms with E-state index in [1.165, 1.54) is 0 Å². The highest BCUT2D eigenvalue weighted by molar-refractivity contribution is 4.94. The maximum Gasteiger partial charge on any atom is 0.248 e. The van der Waals surface area contributed by atoms with Crippen molar-refractivity contribution in [3.63, 3.8) is 0 Å². The van der Waals surface area contributed by atoms with Crippen LogP contribution in [0.2, 0.25) is 0 Å². The molecule has 0 saturated carbocycles. The molecule has 0 amide bonds. The second-order valence-corrected chi connectivity index (χ2v) is 3.54.